The number of benzene rings is 2. The van der Waals surface area contributed by atoms with Gasteiger partial charge < -0.3 is 25.0 Å². The zero-order chi connectivity index (χ0) is 25.4. The van der Waals surface area contributed by atoms with E-state index in [0.717, 1.165) is 30.1 Å². The third-order valence-corrected chi connectivity index (χ3v) is 7.55. The highest BCUT2D eigenvalue weighted by Gasteiger charge is 2.19. The molecule has 1 amide bonds. The van der Waals surface area contributed by atoms with Gasteiger partial charge in [0.25, 0.3) is 0 Å². The third kappa shape index (κ3) is 7.41. The minimum atomic E-state index is -3.63. The number of aliphatic imine (C=N–C) groups is 1. The summed E-state index contributed by atoms with van der Waals surface area (Å²) in [5.41, 5.74) is 2.03. The van der Waals surface area contributed by atoms with Gasteiger partial charge in [-0.25, -0.2) is 8.42 Å². The number of nitrogens with one attached hydrogen (secondary N) is 2. The number of carbonyl (C=O) groups excluding carboxylic acids is 1. The molecule has 35 heavy (non-hydrogen) atoms. The van der Waals surface area contributed by atoms with Gasteiger partial charge >= 0.3 is 0 Å². The van der Waals surface area contributed by atoms with Crippen LogP contribution in [0.4, 0.5) is 0 Å². The summed E-state index contributed by atoms with van der Waals surface area (Å²) >= 11 is 6.06. The minimum Gasteiger partial charge on any atom is -0.497 e. The van der Waals surface area contributed by atoms with E-state index in [1.807, 2.05) is 31.3 Å². The van der Waals surface area contributed by atoms with E-state index in [9.17, 15) is 13.2 Å². The van der Waals surface area contributed by atoms with Crippen LogP contribution in [0.15, 0.2) is 52.4 Å². The predicted octanol–water partition coefficient (Wildman–Crippen LogP) is 2.08. The van der Waals surface area contributed by atoms with Gasteiger partial charge in [0.15, 0.2) is 9.84 Å². The number of likely N-dealkylation sites (N-methyl/N-ethyl adjacent to an activating group) is 1. The second kappa shape index (κ2) is 12.3. The first kappa shape index (κ1) is 26.9. The number of carbonyl (C=O) groups is 1. The molecule has 11 heteroatoms. The Balaban J connectivity index is 1.36. The molecule has 0 radical (unpaired) electrons. The Labute approximate surface area is 211 Å². The molecule has 0 saturated heterocycles. The van der Waals surface area contributed by atoms with Gasteiger partial charge in [0.05, 0.1) is 30.2 Å². The van der Waals surface area contributed by atoms with E-state index >= 15 is 0 Å². The Morgan fingerprint density at radius 2 is 1.97 bits per heavy atom. The van der Waals surface area contributed by atoms with E-state index in [0.29, 0.717) is 12.3 Å². The van der Waals surface area contributed by atoms with E-state index in [1.165, 1.54) is 19.2 Å². The molecule has 1 atom stereocenters. The second-order valence-corrected chi connectivity index (χ2v) is 10.5. The Hall–Kier alpha value is -2.66. The molecular formula is C24H31ClN4O5S. The largest absolute Gasteiger partial charge is 0.497 e. The van der Waals surface area contributed by atoms with Crippen LogP contribution in [0.1, 0.15) is 18.1 Å². The molecule has 1 aliphatic heterocycles. The fraction of sp³-hybridized carbons (Fsp3) is 0.417. The lowest BCUT2D eigenvalue weighted by molar-refractivity contribution is -0.131. The molecule has 9 nitrogen and oxygen atoms in total. The molecule has 0 bridgehead atoms. The summed E-state index contributed by atoms with van der Waals surface area (Å²) in [4.78, 5) is 19.0. The Morgan fingerprint density at radius 1 is 1.23 bits per heavy atom. The van der Waals surface area contributed by atoms with Crippen molar-refractivity contribution in [3.8, 4) is 5.75 Å². The molecule has 2 N–H and O–H groups in total. The fourth-order valence-corrected chi connectivity index (χ4v) is 5.20. The van der Waals surface area contributed by atoms with E-state index in [2.05, 4.69) is 20.5 Å². The molecule has 0 aliphatic carbocycles. The number of hydrogen-bond acceptors (Lipinski definition) is 8. The van der Waals surface area contributed by atoms with E-state index in [4.69, 9.17) is 21.1 Å². The van der Waals surface area contributed by atoms with Gasteiger partial charge in [0.1, 0.15) is 23.6 Å². The van der Waals surface area contributed by atoms with Crippen molar-refractivity contribution in [3.63, 3.8) is 0 Å². The van der Waals surface area contributed by atoms with Crippen molar-refractivity contribution >= 4 is 33.2 Å². The molecule has 2 aromatic rings. The van der Waals surface area contributed by atoms with Crippen LogP contribution >= 0.6 is 11.6 Å². The smallest absolute Gasteiger partial charge is 0.249 e. The summed E-state index contributed by atoms with van der Waals surface area (Å²) in [5, 5.41) is 5.77. The molecular weight excluding hydrogens is 492 g/mol. The Bertz CT molecular complexity index is 1160. The quantitative estimate of drug-likeness (QED) is 0.411. The summed E-state index contributed by atoms with van der Waals surface area (Å²) in [6, 6.07) is 12.3. The molecule has 3 rings (SSSR count). The predicted molar refractivity (Wildman–Crippen MR) is 136 cm³/mol. The van der Waals surface area contributed by atoms with Crippen LogP contribution in [-0.2, 0) is 25.9 Å². The highest BCUT2D eigenvalue weighted by atomic mass is 35.5. The molecule has 0 fully saturated rings. The summed E-state index contributed by atoms with van der Waals surface area (Å²) in [6.07, 6.45) is -0.676. The van der Waals surface area contributed by atoms with Crippen LogP contribution < -0.4 is 15.4 Å². The number of methoxy groups -OCH3 is 1. The first-order chi connectivity index (χ1) is 16.7. The number of amidine groups is 1. The SMILES string of the molecule is COc1ccc(S(=O)(=O)CNCCOC(C)C(=O)NCc2ccc(C3=NCCN3C)cc2)c(Cl)c1. The fourth-order valence-electron chi connectivity index (χ4n) is 3.48. The summed E-state index contributed by atoms with van der Waals surface area (Å²) in [5.74, 6) is 0.912. The van der Waals surface area contributed by atoms with Crippen LogP contribution in [0.25, 0.3) is 0 Å². The number of halogens is 1. The topological polar surface area (TPSA) is 109 Å². The van der Waals surface area contributed by atoms with Crippen molar-refractivity contribution in [2.45, 2.75) is 24.5 Å². The third-order valence-electron chi connectivity index (χ3n) is 5.52. The lowest BCUT2D eigenvalue weighted by Crippen LogP contribution is -2.36. The Kier molecular flexibility index (Phi) is 9.50. The lowest BCUT2D eigenvalue weighted by Gasteiger charge is -2.15. The van der Waals surface area contributed by atoms with E-state index in [1.54, 1.807) is 13.0 Å². The Morgan fingerprint density at radius 3 is 2.60 bits per heavy atom. The van der Waals surface area contributed by atoms with Gasteiger partial charge in [-0.1, -0.05) is 35.9 Å². The zero-order valence-corrected chi connectivity index (χ0v) is 21.7. The monoisotopic (exact) mass is 522 g/mol. The van der Waals surface area contributed by atoms with E-state index in [-0.39, 0.29) is 34.9 Å². The van der Waals surface area contributed by atoms with E-state index < -0.39 is 15.9 Å². The van der Waals surface area contributed by atoms with Crippen molar-refractivity contribution in [3.05, 3.63) is 58.6 Å². The van der Waals surface area contributed by atoms with Gasteiger partial charge in [-0.15, -0.1) is 0 Å². The standard InChI is InChI=1S/C24H31ClN4O5S/c1-17(24(30)28-15-18-4-6-19(7-5-18)23-27-10-12-29(23)2)34-13-11-26-16-35(31,32)22-9-8-20(33-3)14-21(22)25/h4-9,14,17,26H,10-13,15-16H2,1-3H3,(H,28,30). The first-order valence-corrected chi connectivity index (χ1v) is 13.3. The molecule has 1 unspecified atom stereocenters. The number of nitrogens with zero attached hydrogens (tertiary/aromatic N) is 2. The van der Waals surface area contributed by atoms with Crippen molar-refractivity contribution in [1.29, 1.82) is 0 Å². The normalized spacial score (nSPS) is 14.5. The molecule has 0 aromatic heterocycles. The van der Waals surface area contributed by atoms with Crippen LogP contribution in [0.3, 0.4) is 0 Å². The minimum absolute atomic E-state index is 0.0254. The maximum absolute atomic E-state index is 12.5. The highest BCUT2D eigenvalue weighted by Crippen LogP contribution is 2.26. The highest BCUT2D eigenvalue weighted by molar-refractivity contribution is 7.91. The number of hydrogen-bond donors (Lipinski definition) is 2. The summed E-state index contributed by atoms with van der Waals surface area (Å²) < 4.78 is 35.5. The van der Waals surface area contributed by atoms with Gasteiger partial charge in [0.2, 0.25) is 5.91 Å². The molecule has 0 spiro atoms. The number of amides is 1. The molecule has 1 aliphatic rings. The lowest BCUT2D eigenvalue weighted by atomic mass is 10.1. The first-order valence-electron chi connectivity index (χ1n) is 11.2. The average molecular weight is 523 g/mol. The molecule has 1 heterocycles. The van der Waals surface area contributed by atoms with Crippen LogP contribution in [0, 0.1) is 0 Å². The van der Waals surface area contributed by atoms with Crippen LogP contribution in [0.2, 0.25) is 5.02 Å². The zero-order valence-electron chi connectivity index (χ0n) is 20.1. The van der Waals surface area contributed by atoms with Gasteiger partial charge in [0, 0.05) is 38.3 Å². The maximum atomic E-state index is 12.5. The number of ether oxygens (including phenoxy) is 2. The van der Waals surface area contributed by atoms with Crippen molar-refractivity contribution in [1.82, 2.24) is 15.5 Å². The van der Waals surface area contributed by atoms with Crippen molar-refractivity contribution in [2.75, 3.05) is 46.3 Å². The molecule has 2 aromatic carbocycles. The molecule has 0 saturated carbocycles. The van der Waals surface area contributed by atoms with Crippen molar-refractivity contribution < 1.29 is 22.7 Å². The summed E-state index contributed by atoms with van der Waals surface area (Å²) in [7, 11) is -0.129. The van der Waals surface area contributed by atoms with Crippen molar-refractivity contribution in [2.24, 2.45) is 4.99 Å². The van der Waals surface area contributed by atoms with Crippen LogP contribution in [-0.4, -0.2) is 77.4 Å². The number of sulfone groups is 1. The second-order valence-electron chi connectivity index (χ2n) is 8.11. The van der Waals surface area contributed by atoms with Crippen LogP contribution in [0.5, 0.6) is 5.75 Å². The van der Waals surface area contributed by atoms with Gasteiger partial charge in [-0.05, 0) is 24.6 Å². The number of rotatable bonds is 12. The van der Waals surface area contributed by atoms with Gasteiger partial charge in [-0.2, -0.15) is 0 Å². The maximum Gasteiger partial charge on any atom is 0.249 e. The molecule has 190 valence electrons. The summed E-state index contributed by atoms with van der Waals surface area (Å²) in [6.45, 7) is 4.20. The average Bonchev–Trinajstić information content (AvgIpc) is 3.27. The van der Waals surface area contributed by atoms with Gasteiger partial charge in [-0.3, -0.25) is 9.79 Å².